The highest BCUT2D eigenvalue weighted by atomic mass is 32.1. The Morgan fingerprint density at radius 3 is 2.81 bits per heavy atom. The number of carboxylic acids is 1. The molecular formula is C20H18N4O2S. The largest absolute Gasteiger partial charge is 0.481 e. The molecule has 0 aliphatic carbocycles. The van der Waals surface area contributed by atoms with Crippen molar-refractivity contribution in [3.8, 4) is 21.1 Å². The number of aliphatic carboxylic acids is 1. The van der Waals surface area contributed by atoms with Crippen molar-refractivity contribution in [1.82, 2.24) is 20.2 Å². The topological polar surface area (TPSA) is 91.8 Å². The van der Waals surface area contributed by atoms with Crippen molar-refractivity contribution in [1.29, 1.82) is 0 Å². The molecule has 0 aliphatic heterocycles. The van der Waals surface area contributed by atoms with Crippen molar-refractivity contribution in [3.63, 3.8) is 0 Å². The maximum absolute atomic E-state index is 10.8. The summed E-state index contributed by atoms with van der Waals surface area (Å²) in [4.78, 5) is 20.5. The van der Waals surface area contributed by atoms with Crippen LogP contribution in [0.15, 0.2) is 42.7 Å². The van der Waals surface area contributed by atoms with Crippen LogP contribution in [0.3, 0.4) is 0 Å². The van der Waals surface area contributed by atoms with Gasteiger partial charge in [-0.2, -0.15) is 5.10 Å². The van der Waals surface area contributed by atoms with Crippen LogP contribution in [-0.4, -0.2) is 31.2 Å². The first-order chi connectivity index (χ1) is 13.2. The number of rotatable bonds is 6. The molecule has 0 saturated heterocycles. The number of carboxylic acid groups (broad SMARTS) is 1. The van der Waals surface area contributed by atoms with E-state index in [2.05, 4.69) is 45.3 Å². The van der Waals surface area contributed by atoms with Crippen LogP contribution in [0.4, 0.5) is 0 Å². The number of hydrogen-bond donors (Lipinski definition) is 2. The van der Waals surface area contributed by atoms with Gasteiger partial charge in [-0.15, -0.1) is 11.3 Å². The van der Waals surface area contributed by atoms with Crippen LogP contribution >= 0.6 is 11.3 Å². The van der Waals surface area contributed by atoms with E-state index in [0.29, 0.717) is 5.69 Å². The van der Waals surface area contributed by atoms with Crippen molar-refractivity contribution >= 4 is 28.2 Å². The molecule has 0 atom stereocenters. The number of aromatic nitrogens is 4. The lowest BCUT2D eigenvalue weighted by atomic mass is 10.1. The van der Waals surface area contributed by atoms with E-state index in [1.807, 2.05) is 12.3 Å². The number of para-hydroxylation sites is 1. The number of carbonyl (C=O) groups is 1. The molecule has 0 bridgehead atoms. The fourth-order valence-electron chi connectivity index (χ4n) is 3.09. The molecule has 27 heavy (non-hydrogen) atoms. The van der Waals surface area contributed by atoms with Crippen LogP contribution in [0.25, 0.3) is 32.0 Å². The average Bonchev–Trinajstić information content (AvgIpc) is 3.29. The molecule has 0 aliphatic rings. The van der Waals surface area contributed by atoms with Gasteiger partial charge >= 0.3 is 5.97 Å². The molecule has 7 heteroatoms. The van der Waals surface area contributed by atoms with Gasteiger partial charge in [-0.3, -0.25) is 14.9 Å². The summed E-state index contributed by atoms with van der Waals surface area (Å²) < 4.78 is 0. The lowest BCUT2D eigenvalue weighted by molar-refractivity contribution is -0.136. The zero-order valence-corrected chi connectivity index (χ0v) is 15.6. The quantitative estimate of drug-likeness (QED) is 0.521. The number of H-pyrrole nitrogens is 1. The number of benzene rings is 1. The highest BCUT2D eigenvalue weighted by molar-refractivity contribution is 7.18. The van der Waals surface area contributed by atoms with E-state index in [0.717, 1.165) is 44.9 Å². The number of aryl methyl sites for hydroxylation is 1. The standard InChI is InChI=1S/C20H18N4O2S/c1-2-4-12-5-3-6-15-18(12)23-24-19(15)16-11-22-20(27-16)13-7-8-14(21-10-13)9-17(25)26/h3,5-8,10-11H,2,4,9H2,1H3,(H,23,24)(H,25,26). The number of thiazole rings is 1. The van der Waals surface area contributed by atoms with Crippen molar-refractivity contribution in [3.05, 3.63) is 54.0 Å². The third-order valence-corrected chi connectivity index (χ3v) is 5.41. The summed E-state index contributed by atoms with van der Waals surface area (Å²) in [5.41, 5.74) is 4.65. The Hall–Kier alpha value is -3.06. The summed E-state index contributed by atoms with van der Waals surface area (Å²) in [6.45, 7) is 2.16. The van der Waals surface area contributed by atoms with Crippen LogP contribution in [0, 0.1) is 0 Å². The predicted octanol–water partition coefficient (Wildman–Crippen LogP) is 4.33. The molecule has 4 aromatic rings. The summed E-state index contributed by atoms with van der Waals surface area (Å²) >= 11 is 1.56. The predicted molar refractivity (Wildman–Crippen MR) is 106 cm³/mol. The first-order valence-corrected chi connectivity index (χ1v) is 9.56. The molecule has 0 saturated carbocycles. The molecule has 136 valence electrons. The van der Waals surface area contributed by atoms with E-state index in [1.165, 1.54) is 5.56 Å². The third-order valence-electron chi connectivity index (χ3n) is 4.34. The van der Waals surface area contributed by atoms with Gasteiger partial charge in [0.15, 0.2) is 0 Å². The molecule has 3 aromatic heterocycles. The van der Waals surface area contributed by atoms with E-state index >= 15 is 0 Å². The van der Waals surface area contributed by atoms with Gasteiger partial charge in [-0.25, -0.2) is 4.98 Å². The minimum atomic E-state index is -0.889. The maximum Gasteiger partial charge on any atom is 0.309 e. The van der Waals surface area contributed by atoms with Gasteiger partial charge in [0.25, 0.3) is 0 Å². The summed E-state index contributed by atoms with van der Waals surface area (Å²) in [5, 5.41) is 18.5. The highest BCUT2D eigenvalue weighted by Crippen LogP contribution is 2.35. The summed E-state index contributed by atoms with van der Waals surface area (Å²) in [7, 11) is 0. The van der Waals surface area contributed by atoms with Crippen LogP contribution < -0.4 is 0 Å². The van der Waals surface area contributed by atoms with Crippen LogP contribution in [0.5, 0.6) is 0 Å². The SMILES string of the molecule is CCCc1cccc2c(-c3cnc(-c4ccc(CC(=O)O)nc4)s3)[nH]nc12. The van der Waals surface area contributed by atoms with Gasteiger partial charge in [0.1, 0.15) is 5.01 Å². The van der Waals surface area contributed by atoms with Gasteiger partial charge in [-0.05, 0) is 24.1 Å². The van der Waals surface area contributed by atoms with Gasteiger partial charge < -0.3 is 5.11 Å². The third kappa shape index (κ3) is 3.46. The second kappa shape index (κ2) is 7.28. The number of aromatic amines is 1. The number of nitrogens with zero attached hydrogens (tertiary/aromatic N) is 3. The van der Waals surface area contributed by atoms with Crippen molar-refractivity contribution in [2.45, 2.75) is 26.2 Å². The highest BCUT2D eigenvalue weighted by Gasteiger charge is 2.14. The molecular weight excluding hydrogens is 360 g/mol. The van der Waals surface area contributed by atoms with Crippen molar-refractivity contribution in [2.75, 3.05) is 0 Å². The average molecular weight is 378 g/mol. The van der Waals surface area contributed by atoms with Gasteiger partial charge in [-0.1, -0.05) is 31.5 Å². The molecule has 0 fully saturated rings. The van der Waals surface area contributed by atoms with Crippen LogP contribution in [0.1, 0.15) is 24.6 Å². The van der Waals surface area contributed by atoms with E-state index < -0.39 is 5.97 Å². The molecule has 4 rings (SSSR count). The van der Waals surface area contributed by atoms with Crippen molar-refractivity contribution < 1.29 is 9.90 Å². The smallest absolute Gasteiger partial charge is 0.309 e. The first kappa shape index (κ1) is 17.4. The zero-order chi connectivity index (χ0) is 18.8. The Bertz CT molecular complexity index is 1100. The summed E-state index contributed by atoms with van der Waals surface area (Å²) in [6, 6.07) is 9.86. The molecule has 0 radical (unpaired) electrons. The molecule has 0 unspecified atom stereocenters. The number of pyridine rings is 1. The number of fused-ring (bicyclic) bond motifs is 1. The van der Waals surface area contributed by atoms with Gasteiger partial charge in [0, 0.05) is 23.3 Å². The lowest BCUT2D eigenvalue weighted by Gasteiger charge is -2.00. The minimum Gasteiger partial charge on any atom is -0.481 e. The Morgan fingerprint density at radius 1 is 1.19 bits per heavy atom. The molecule has 2 N–H and O–H groups in total. The molecule has 0 spiro atoms. The lowest BCUT2D eigenvalue weighted by Crippen LogP contribution is -2.01. The Morgan fingerprint density at radius 2 is 2.07 bits per heavy atom. The summed E-state index contributed by atoms with van der Waals surface area (Å²) in [5.74, 6) is -0.889. The number of nitrogens with one attached hydrogen (secondary N) is 1. The zero-order valence-electron chi connectivity index (χ0n) is 14.8. The fourth-order valence-corrected chi connectivity index (χ4v) is 4.01. The second-order valence-corrected chi connectivity index (χ2v) is 7.33. The molecule has 6 nitrogen and oxygen atoms in total. The monoisotopic (exact) mass is 378 g/mol. The fraction of sp³-hybridized carbons (Fsp3) is 0.200. The van der Waals surface area contributed by atoms with E-state index in [9.17, 15) is 4.79 Å². The van der Waals surface area contributed by atoms with E-state index in [4.69, 9.17) is 5.11 Å². The minimum absolute atomic E-state index is 0.0797. The maximum atomic E-state index is 10.8. The molecule has 0 amide bonds. The van der Waals surface area contributed by atoms with Crippen LogP contribution in [0.2, 0.25) is 0 Å². The Balaban J connectivity index is 1.66. The normalized spacial score (nSPS) is 11.1. The summed E-state index contributed by atoms with van der Waals surface area (Å²) in [6.07, 6.45) is 5.51. The Labute approximate surface area is 159 Å². The molecule has 3 heterocycles. The molecule has 1 aromatic carbocycles. The van der Waals surface area contributed by atoms with Crippen molar-refractivity contribution in [2.24, 2.45) is 0 Å². The second-order valence-electron chi connectivity index (χ2n) is 6.30. The van der Waals surface area contributed by atoms with Gasteiger partial charge in [0.2, 0.25) is 0 Å². The first-order valence-electron chi connectivity index (χ1n) is 8.75. The van der Waals surface area contributed by atoms with E-state index in [-0.39, 0.29) is 6.42 Å². The van der Waals surface area contributed by atoms with E-state index in [1.54, 1.807) is 23.6 Å². The van der Waals surface area contributed by atoms with Gasteiger partial charge in [0.05, 0.1) is 28.2 Å². The number of hydrogen-bond acceptors (Lipinski definition) is 5. The van der Waals surface area contributed by atoms with Crippen LogP contribution in [-0.2, 0) is 17.6 Å². The Kier molecular flexibility index (Phi) is 4.68.